The maximum absolute atomic E-state index is 12.2. The number of hydrogen-bond acceptors (Lipinski definition) is 7. The van der Waals surface area contributed by atoms with Gasteiger partial charge in [0.15, 0.2) is 11.5 Å². The molecule has 1 aromatic rings. The first-order chi connectivity index (χ1) is 16.2. The third-order valence-corrected chi connectivity index (χ3v) is 6.16. The van der Waals surface area contributed by atoms with Gasteiger partial charge in [-0.3, -0.25) is 4.79 Å². The van der Waals surface area contributed by atoms with Gasteiger partial charge >= 0.3 is 0 Å². The number of methoxy groups -OCH3 is 2. The molecule has 0 bridgehead atoms. The van der Waals surface area contributed by atoms with Crippen molar-refractivity contribution in [1.82, 2.24) is 5.32 Å². The number of rotatable bonds is 18. The Balaban J connectivity index is 0.0000116. The number of halogens is 1. The van der Waals surface area contributed by atoms with Gasteiger partial charge in [-0.05, 0) is 55.2 Å². The number of aliphatic hydroxyl groups is 2. The highest BCUT2D eigenvalue weighted by Crippen LogP contribution is 2.31. The van der Waals surface area contributed by atoms with Gasteiger partial charge in [-0.15, -0.1) is 12.4 Å². The van der Waals surface area contributed by atoms with Crippen LogP contribution < -0.4 is 20.5 Å². The van der Waals surface area contributed by atoms with Crippen molar-refractivity contribution in [3.05, 3.63) is 23.8 Å². The van der Waals surface area contributed by atoms with E-state index in [0.29, 0.717) is 56.4 Å². The Labute approximate surface area is 217 Å². The van der Waals surface area contributed by atoms with Crippen molar-refractivity contribution in [3.8, 4) is 11.5 Å². The second-order valence-corrected chi connectivity index (χ2v) is 9.36. The van der Waals surface area contributed by atoms with Crippen LogP contribution in [0.2, 0.25) is 0 Å². The van der Waals surface area contributed by atoms with E-state index >= 15 is 0 Å². The predicted molar refractivity (Wildman–Crippen MR) is 141 cm³/mol. The average molecular weight is 519 g/mol. The molecule has 1 aromatic carbocycles. The summed E-state index contributed by atoms with van der Waals surface area (Å²) in [5.41, 5.74) is 7.50. The Hall–Kier alpha value is -1.58. The molecule has 0 aliphatic heterocycles. The van der Waals surface area contributed by atoms with Gasteiger partial charge in [0.25, 0.3) is 0 Å². The molecule has 0 spiro atoms. The molecule has 8 nitrogen and oxygen atoms in total. The fourth-order valence-electron chi connectivity index (χ4n) is 3.86. The Morgan fingerprint density at radius 2 is 1.80 bits per heavy atom. The van der Waals surface area contributed by atoms with Gasteiger partial charge in [-0.25, -0.2) is 0 Å². The van der Waals surface area contributed by atoms with E-state index in [1.54, 1.807) is 21.1 Å². The summed E-state index contributed by atoms with van der Waals surface area (Å²) in [6.07, 6.45) is 2.29. The van der Waals surface area contributed by atoms with E-state index in [0.717, 1.165) is 18.4 Å². The standard InChI is InChI=1S/C26H46N2O6.ClH/c1-18(2)21(17-22(27)23(30)14-19(3)26(31)28-10-6-11-29)15-20-8-9-24(33-5)25(16-20)34-13-7-12-32-4;/h8-9,16,18-19,21-23,29-30H,6-7,10-15,17,27H2,1-5H3,(H,28,31);1H. The zero-order valence-electron chi connectivity index (χ0n) is 22.0. The second kappa shape index (κ2) is 18.7. The zero-order chi connectivity index (χ0) is 25.5. The van der Waals surface area contributed by atoms with Crippen LogP contribution in [0.3, 0.4) is 0 Å². The van der Waals surface area contributed by atoms with Gasteiger partial charge in [0.2, 0.25) is 5.91 Å². The van der Waals surface area contributed by atoms with Crippen LogP contribution in [0.1, 0.15) is 52.0 Å². The van der Waals surface area contributed by atoms with Crippen LogP contribution >= 0.6 is 12.4 Å². The monoisotopic (exact) mass is 518 g/mol. The largest absolute Gasteiger partial charge is 0.493 e. The van der Waals surface area contributed by atoms with Gasteiger partial charge in [0.05, 0.1) is 19.8 Å². The number of aliphatic hydroxyl groups excluding tert-OH is 2. The molecule has 0 fully saturated rings. The average Bonchev–Trinajstić information content (AvgIpc) is 2.81. The van der Waals surface area contributed by atoms with Crippen LogP contribution in [0.25, 0.3) is 0 Å². The molecule has 1 rings (SSSR count). The third kappa shape index (κ3) is 12.8. The van der Waals surface area contributed by atoms with E-state index in [1.165, 1.54) is 0 Å². The molecule has 9 heteroatoms. The van der Waals surface area contributed by atoms with Crippen LogP contribution in [0, 0.1) is 17.8 Å². The summed E-state index contributed by atoms with van der Waals surface area (Å²) in [5.74, 6) is 1.55. The van der Waals surface area contributed by atoms with Gasteiger partial charge in [-0.1, -0.05) is 26.8 Å². The molecule has 0 radical (unpaired) electrons. The fraction of sp³-hybridized carbons (Fsp3) is 0.731. The van der Waals surface area contributed by atoms with E-state index < -0.39 is 12.1 Å². The summed E-state index contributed by atoms with van der Waals surface area (Å²) in [4.78, 5) is 12.2. The van der Waals surface area contributed by atoms with Crippen molar-refractivity contribution >= 4 is 18.3 Å². The highest BCUT2D eigenvalue weighted by atomic mass is 35.5. The molecule has 0 heterocycles. The molecule has 1 amide bonds. The number of carbonyl (C=O) groups is 1. The molecular formula is C26H47ClN2O6. The first-order valence-corrected chi connectivity index (χ1v) is 12.3. The van der Waals surface area contributed by atoms with E-state index in [2.05, 4.69) is 19.2 Å². The van der Waals surface area contributed by atoms with Crippen molar-refractivity contribution in [2.45, 2.75) is 65.0 Å². The van der Waals surface area contributed by atoms with Crippen molar-refractivity contribution in [2.75, 3.05) is 40.6 Å². The molecule has 4 atom stereocenters. The van der Waals surface area contributed by atoms with E-state index in [1.807, 2.05) is 18.2 Å². The van der Waals surface area contributed by atoms with Crippen molar-refractivity contribution in [2.24, 2.45) is 23.5 Å². The molecule has 0 aliphatic carbocycles. The summed E-state index contributed by atoms with van der Waals surface area (Å²) in [5, 5.41) is 22.3. The molecule has 0 saturated carbocycles. The molecule has 0 aliphatic rings. The Kier molecular flexibility index (Phi) is 17.8. The van der Waals surface area contributed by atoms with Crippen LogP contribution in [0.15, 0.2) is 18.2 Å². The second-order valence-electron chi connectivity index (χ2n) is 9.36. The molecule has 0 aromatic heterocycles. The zero-order valence-corrected chi connectivity index (χ0v) is 22.8. The number of hydrogen-bond donors (Lipinski definition) is 4. The number of nitrogens with two attached hydrogens (primary N) is 1. The number of ether oxygens (including phenoxy) is 3. The Bertz CT molecular complexity index is 706. The van der Waals surface area contributed by atoms with Crippen molar-refractivity contribution < 1.29 is 29.2 Å². The van der Waals surface area contributed by atoms with Gasteiger partial charge < -0.3 is 35.5 Å². The van der Waals surface area contributed by atoms with Crippen LogP contribution in [0.5, 0.6) is 11.5 Å². The van der Waals surface area contributed by atoms with Crippen LogP contribution in [-0.2, 0) is 16.0 Å². The Morgan fingerprint density at radius 1 is 1.09 bits per heavy atom. The highest BCUT2D eigenvalue weighted by Gasteiger charge is 2.26. The lowest BCUT2D eigenvalue weighted by atomic mass is 9.82. The number of nitrogens with one attached hydrogen (secondary N) is 1. The maximum atomic E-state index is 12.2. The van der Waals surface area contributed by atoms with Crippen LogP contribution in [0.4, 0.5) is 0 Å². The first-order valence-electron chi connectivity index (χ1n) is 12.3. The molecule has 204 valence electrons. The molecule has 5 N–H and O–H groups in total. The SMILES string of the molecule is COCCCOc1cc(CC(CC(N)C(O)CC(C)C(=O)NCCCO)C(C)C)ccc1OC.Cl. The summed E-state index contributed by atoms with van der Waals surface area (Å²) >= 11 is 0. The highest BCUT2D eigenvalue weighted by molar-refractivity contribution is 5.85. The van der Waals surface area contributed by atoms with Crippen molar-refractivity contribution in [3.63, 3.8) is 0 Å². The van der Waals surface area contributed by atoms with Gasteiger partial charge in [-0.2, -0.15) is 0 Å². The summed E-state index contributed by atoms with van der Waals surface area (Å²) in [6.45, 7) is 7.76. The lowest BCUT2D eigenvalue weighted by Crippen LogP contribution is -2.41. The first kappa shape index (κ1) is 33.4. The number of carbonyl (C=O) groups excluding carboxylic acids is 1. The summed E-state index contributed by atoms with van der Waals surface area (Å²) in [6, 6.07) is 5.55. The quantitative estimate of drug-likeness (QED) is 0.220. The van der Waals surface area contributed by atoms with E-state index in [9.17, 15) is 9.90 Å². The lowest BCUT2D eigenvalue weighted by molar-refractivity contribution is -0.125. The molecular weight excluding hydrogens is 472 g/mol. The topological polar surface area (TPSA) is 123 Å². The number of amides is 1. The normalized spacial score (nSPS) is 14.5. The lowest BCUT2D eigenvalue weighted by Gasteiger charge is -2.28. The minimum Gasteiger partial charge on any atom is -0.493 e. The maximum Gasteiger partial charge on any atom is 0.222 e. The van der Waals surface area contributed by atoms with Crippen molar-refractivity contribution in [1.29, 1.82) is 0 Å². The molecule has 4 unspecified atom stereocenters. The fourth-order valence-corrected chi connectivity index (χ4v) is 3.86. The molecule has 35 heavy (non-hydrogen) atoms. The Morgan fingerprint density at radius 3 is 2.40 bits per heavy atom. The molecule has 0 saturated heterocycles. The third-order valence-electron chi connectivity index (χ3n) is 6.16. The summed E-state index contributed by atoms with van der Waals surface area (Å²) < 4.78 is 16.4. The minimum absolute atomic E-state index is 0. The number of benzene rings is 1. The van der Waals surface area contributed by atoms with Gasteiger partial charge in [0.1, 0.15) is 0 Å². The predicted octanol–water partition coefficient (Wildman–Crippen LogP) is 2.95. The summed E-state index contributed by atoms with van der Waals surface area (Å²) in [7, 11) is 3.30. The smallest absolute Gasteiger partial charge is 0.222 e. The minimum atomic E-state index is -0.768. The van der Waals surface area contributed by atoms with Crippen LogP contribution in [-0.4, -0.2) is 68.9 Å². The van der Waals surface area contributed by atoms with E-state index in [4.69, 9.17) is 25.1 Å². The van der Waals surface area contributed by atoms with E-state index in [-0.39, 0.29) is 36.8 Å². The van der Waals surface area contributed by atoms with Gasteiger partial charge in [0, 0.05) is 45.2 Å².